The van der Waals surface area contributed by atoms with Gasteiger partial charge in [-0.1, -0.05) is 0 Å². The molecule has 2 aliphatic heterocycles. The highest BCUT2D eigenvalue weighted by molar-refractivity contribution is 7.99. The van der Waals surface area contributed by atoms with E-state index in [9.17, 15) is 5.11 Å². The van der Waals surface area contributed by atoms with Crippen molar-refractivity contribution in [3.63, 3.8) is 0 Å². The first-order valence-electron chi connectivity index (χ1n) is 7.06. The topological polar surface area (TPSA) is 42.6 Å². The Morgan fingerprint density at radius 3 is 2.95 bits per heavy atom. The molecule has 3 rings (SSSR count). The fraction of sp³-hybridized carbons (Fsp3) is 0.733. The summed E-state index contributed by atoms with van der Waals surface area (Å²) in [5.74, 6) is 4.30. The normalized spacial score (nSPS) is 32.9. The molecule has 4 heteroatoms. The summed E-state index contributed by atoms with van der Waals surface area (Å²) in [5, 5.41) is 10.7. The minimum Gasteiger partial charge on any atom is -0.466 e. The summed E-state index contributed by atoms with van der Waals surface area (Å²) < 4.78 is 11.6. The van der Waals surface area contributed by atoms with Gasteiger partial charge in [-0.3, -0.25) is 0 Å². The number of ether oxygens (including phenoxy) is 1. The zero-order valence-corrected chi connectivity index (χ0v) is 12.5. The molecule has 0 amide bonds. The Kier molecular flexibility index (Phi) is 3.67. The molecule has 0 saturated carbocycles. The molecular weight excluding hydrogens is 260 g/mol. The summed E-state index contributed by atoms with van der Waals surface area (Å²) in [5.41, 5.74) is 0.992. The number of thioether (sulfide) groups is 1. The number of hydrogen-bond donors (Lipinski definition) is 1. The van der Waals surface area contributed by atoms with Crippen molar-refractivity contribution in [2.45, 2.75) is 44.8 Å². The van der Waals surface area contributed by atoms with E-state index in [2.05, 4.69) is 0 Å². The van der Waals surface area contributed by atoms with Gasteiger partial charge in [0.05, 0.1) is 11.7 Å². The van der Waals surface area contributed by atoms with Crippen molar-refractivity contribution >= 4 is 11.8 Å². The third-order valence-electron chi connectivity index (χ3n) is 4.44. The molecule has 1 aromatic rings. The van der Waals surface area contributed by atoms with E-state index in [0.29, 0.717) is 5.92 Å². The maximum absolute atomic E-state index is 10.7. The summed E-state index contributed by atoms with van der Waals surface area (Å²) in [6.07, 6.45) is 2.63. The van der Waals surface area contributed by atoms with Gasteiger partial charge in [-0.2, -0.15) is 11.8 Å². The van der Waals surface area contributed by atoms with Gasteiger partial charge in [0, 0.05) is 17.9 Å². The molecule has 1 aromatic heterocycles. The van der Waals surface area contributed by atoms with Crippen molar-refractivity contribution < 1.29 is 14.3 Å². The summed E-state index contributed by atoms with van der Waals surface area (Å²) in [6, 6.07) is 1.98. The van der Waals surface area contributed by atoms with Gasteiger partial charge in [-0.05, 0) is 50.8 Å². The largest absolute Gasteiger partial charge is 0.466 e. The second-order valence-electron chi connectivity index (χ2n) is 5.90. The van der Waals surface area contributed by atoms with E-state index in [1.165, 1.54) is 5.75 Å². The van der Waals surface area contributed by atoms with E-state index >= 15 is 0 Å². The fourth-order valence-electron chi connectivity index (χ4n) is 3.40. The highest BCUT2D eigenvalue weighted by Crippen LogP contribution is 2.44. The van der Waals surface area contributed by atoms with Crippen LogP contribution < -0.4 is 0 Å². The van der Waals surface area contributed by atoms with Crippen LogP contribution in [0, 0.1) is 19.8 Å². The third-order valence-corrected chi connectivity index (χ3v) is 5.67. The predicted molar refractivity (Wildman–Crippen MR) is 76.5 cm³/mol. The highest BCUT2D eigenvalue weighted by atomic mass is 32.2. The quantitative estimate of drug-likeness (QED) is 0.904. The van der Waals surface area contributed by atoms with Crippen LogP contribution in [0.25, 0.3) is 0 Å². The molecule has 3 atom stereocenters. The van der Waals surface area contributed by atoms with Gasteiger partial charge in [0.15, 0.2) is 0 Å². The van der Waals surface area contributed by atoms with Crippen LogP contribution in [-0.4, -0.2) is 28.8 Å². The summed E-state index contributed by atoms with van der Waals surface area (Å²) >= 11 is 1.97. The number of rotatable bonds is 2. The molecule has 2 saturated heterocycles. The second-order valence-corrected chi connectivity index (χ2v) is 7.01. The minimum absolute atomic E-state index is 0.0290. The molecule has 0 bridgehead atoms. The van der Waals surface area contributed by atoms with Crippen LogP contribution in [0.4, 0.5) is 0 Å². The molecule has 19 heavy (non-hydrogen) atoms. The lowest BCUT2D eigenvalue weighted by atomic mass is 9.80. The Bertz CT molecular complexity index is 448. The monoisotopic (exact) mass is 282 g/mol. The van der Waals surface area contributed by atoms with Crippen molar-refractivity contribution in [1.29, 1.82) is 0 Å². The lowest BCUT2D eigenvalue weighted by molar-refractivity contribution is -0.102. The Labute approximate surface area is 118 Å². The summed E-state index contributed by atoms with van der Waals surface area (Å²) in [4.78, 5) is 0. The lowest BCUT2D eigenvalue weighted by Gasteiger charge is -2.39. The van der Waals surface area contributed by atoms with E-state index < -0.39 is 6.10 Å². The first-order chi connectivity index (χ1) is 9.10. The zero-order valence-electron chi connectivity index (χ0n) is 11.6. The van der Waals surface area contributed by atoms with Crippen LogP contribution in [0.5, 0.6) is 0 Å². The van der Waals surface area contributed by atoms with E-state index in [-0.39, 0.29) is 5.60 Å². The number of furan rings is 1. The molecule has 3 nitrogen and oxygen atoms in total. The molecule has 1 spiro atoms. The van der Waals surface area contributed by atoms with Crippen molar-refractivity contribution in [1.82, 2.24) is 0 Å². The number of aliphatic hydroxyl groups excluding tert-OH is 1. The smallest absolute Gasteiger partial charge is 0.106 e. The maximum atomic E-state index is 10.7. The standard InChI is InChI=1S/C15H22O3S/c1-10-7-13(11(2)18-10)14(16)12-3-5-17-15(8-12)4-6-19-9-15/h7,12,14,16H,3-6,8-9H2,1-2H3. The van der Waals surface area contributed by atoms with E-state index in [0.717, 1.165) is 48.7 Å². The number of hydrogen-bond acceptors (Lipinski definition) is 4. The first-order valence-corrected chi connectivity index (χ1v) is 8.22. The SMILES string of the molecule is Cc1cc(C(O)C2CCOC3(CCSC3)C2)c(C)o1. The number of aryl methyl sites for hydroxylation is 2. The molecular formula is C15H22O3S. The fourth-order valence-corrected chi connectivity index (χ4v) is 4.77. The van der Waals surface area contributed by atoms with Gasteiger partial charge in [0.1, 0.15) is 11.5 Å². The average molecular weight is 282 g/mol. The molecule has 0 aromatic carbocycles. The van der Waals surface area contributed by atoms with E-state index in [4.69, 9.17) is 9.15 Å². The zero-order chi connectivity index (χ0) is 13.5. The van der Waals surface area contributed by atoms with E-state index in [1.807, 2.05) is 31.7 Å². The minimum atomic E-state index is -0.413. The highest BCUT2D eigenvalue weighted by Gasteiger charge is 2.42. The van der Waals surface area contributed by atoms with Gasteiger partial charge in [0.2, 0.25) is 0 Å². The Hall–Kier alpha value is -0.450. The Morgan fingerprint density at radius 2 is 2.32 bits per heavy atom. The second kappa shape index (κ2) is 5.15. The summed E-state index contributed by atoms with van der Waals surface area (Å²) in [6.45, 7) is 4.65. The van der Waals surface area contributed by atoms with Crippen LogP contribution in [0.3, 0.4) is 0 Å². The van der Waals surface area contributed by atoms with Gasteiger partial charge >= 0.3 is 0 Å². The molecule has 2 fully saturated rings. The first kappa shape index (κ1) is 13.5. The van der Waals surface area contributed by atoms with Crippen molar-refractivity contribution in [2.24, 2.45) is 5.92 Å². The Morgan fingerprint density at radius 1 is 1.47 bits per heavy atom. The van der Waals surface area contributed by atoms with Gasteiger partial charge in [-0.25, -0.2) is 0 Å². The molecule has 0 aliphatic carbocycles. The number of aliphatic hydroxyl groups is 1. The van der Waals surface area contributed by atoms with Crippen LogP contribution in [-0.2, 0) is 4.74 Å². The third kappa shape index (κ3) is 2.58. The van der Waals surface area contributed by atoms with E-state index in [1.54, 1.807) is 0 Å². The molecule has 106 valence electrons. The van der Waals surface area contributed by atoms with Crippen molar-refractivity contribution in [3.8, 4) is 0 Å². The summed E-state index contributed by atoms with van der Waals surface area (Å²) in [7, 11) is 0. The predicted octanol–water partition coefficient (Wildman–Crippen LogP) is 3.23. The average Bonchev–Trinajstić information content (AvgIpc) is 2.96. The maximum Gasteiger partial charge on any atom is 0.106 e. The van der Waals surface area contributed by atoms with Crippen LogP contribution in [0.2, 0.25) is 0 Å². The van der Waals surface area contributed by atoms with Crippen molar-refractivity contribution in [2.75, 3.05) is 18.1 Å². The molecule has 3 heterocycles. The van der Waals surface area contributed by atoms with Gasteiger partial charge in [-0.15, -0.1) is 0 Å². The van der Waals surface area contributed by atoms with Gasteiger partial charge in [0.25, 0.3) is 0 Å². The van der Waals surface area contributed by atoms with Crippen LogP contribution in [0.15, 0.2) is 10.5 Å². The lowest BCUT2D eigenvalue weighted by Crippen LogP contribution is -2.41. The molecule has 1 N–H and O–H groups in total. The van der Waals surface area contributed by atoms with Gasteiger partial charge < -0.3 is 14.3 Å². The van der Waals surface area contributed by atoms with Crippen LogP contribution in [0.1, 0.15) is 42.5 Å². The molecule has 0 radical (unpaired) electrons. The molecule has 2 aliphatic rings. The van der Waals surface area contributed by atoms with Crippen LogP contribution >= 0.6 is 11.8 Å². The Balaban J connectivity index is 1.76. The van der Waals surface area contributed by atoms with Crippen molar-refractivity contribution in [3.05, 3.63) is 23.2 Å². The molecule has 3 unspecified atom stereocenters.